The second-order valence-corrected chi connectivity index (χ2v) is 5.99. The average molecular weight is 310 g/mol. The predicted octanol–water partition coefficient (Wildman–Crippen LogP) is 1.31. The number of nitrogens with one attached hydrogen (secondary N) is 1. The molecule has 0 radical (unpaired) electrons. The summed E-state index contributed by atoms with van der Waals surface area (Å²) in [6.07, 6.45) is 6.71. The molecule has 3 rings (SSSR count). The molecule has 1 amide bonds. The molecule has 0 spiro atoms. The Balaban J connectivity index is 0.000000902. The predicted molar refractivity (Wildman–Crippen MR) is 81.0 cm³/mol. The molecule has 3 fully saturated rings. The van der Waals surface area contributed by atoms with Crippen LogP contribution in [0.3, 0.4) is 0 Å². The molecule has 3 unspecified atom stereocenters. The number of carbonyl (C=O) groups excluding carboxylic acids is 1. The molecule has 1 heterocycles. The molecule has 3 aliphatic rings. The highest BCUT2D eigenvalue weighted by molar-refractivity contribution is 5.85. The summed E-state index contributed by atoms with van der Waals surface area (Å²) >= 11 is 0. The minimum atomic E-state index is 0. The number of nitrogens with two attached hydrogens (primary N) is 1. The second-order valence-electron chi connectivity index (χ2n) is 5.99. The minimum Gasteiger partial charge on any atom is -0.352 e. The number of rotatable bonds is 3. The van der Waals surface area contributed by atoms with Crippen molar-refractivity contribution in [1.29, 1.82) is 0 Å². The first-order valence-corrected chi connectivity index (χ1v) is 7.02. The first kappa shape index (κ1) is 17.0. The van der Waals surface area contributed by atoms with Crippen LogP contribution in [0, 0.1) is 5.92 Å². The van der Waals surface area contributed by atoms with Crippen LogP contribution in [0.15, 0.2) is 0 Å². The van der Waals surface area contributed by atoms with Crippen LogP contribution >= 0.6 is 24.8 Å². The lowest BCUT2D eigenvalue weighted by molar-refractivity contribution is -0.125. The maximum absolute atomic E-state index is 12.1. The average Bonchev–Trinajstić information content (AvgIpc) is 2.90. The zero-order valence-corrected chi connectivity index (χ0v) is 12.8. The van der Waals surface area contributed by atoms with Crippen LogP contribution < -0.4 is 11.1 Å². The Morgan fingerprint density at radius 2 is 1.84 bits per heavy atom. The van der Waals surface area contributed by atoms with E-state index in [2.05, 4.69) is 10.2 Å². The Morgan fingerprint density at radius 3 is 2.42 bits per heavy atom. The molecule has 2 aliphatic carbocycles. The zero-order valence-electron chi connectivity index (χ0n) is 11.2. The molecular weight excluding hydrogens is 285 g/mol. The van der Waals surface area contributed by atoms with Crippen molar-refractivity contribution < 1.29 is 4.79 Å². The summed E-state index contributed by atoms with van der Waals surface area (Å²) in [4.78, 5) is 14.6. The molecule has 6 heteroatoms. The van der Waals surface area contributed by atoms with E-state index in [1.807, 2.05) is 0 Å². The van der Waals surface area contributed by atoms with Crippen molar-refractivity contribution in [3.05, 3.63) is 0 Å². The topological polar surface area (TPSA) is 58.4 Å². The third kappa shape index (κ3) is 4.22. The van der Waals surface area contributed by atoms with Crippen molar-refractivity contribution in [1.82, 2.24) is 10.2 Å². The minimum absolute atomic E-state index is 0. The van der Waals surface area contributed by atoms with E-state index in [0.29, 0.717) is 6.04 Å². The number of hydrogen-bond donors (Lipinski definition) is 2. The fraction of sp³-hybridized carbons (Fsp3) is 0.923. The molecule has 1 saturated heterocycles. The summed E-state index contributed by atoms with van der Waals surface area (Å²) in [6, 6.07) is 1.47. The van der Waals surface area contributed by atoms with E-state index in [0.717, 1.165) is 38.3 Å². The fourth-order valence-corrected chi connectivity index (χ4v) is 3.25. The Bertz CT molecular complexity index is 312. The van der Waals surface area contributed by atoms with Crippen LogP contribution in [0.1, 0.15) is 38.5 Å². The van der Waals surface area contributed by atoms with Gasteiger partial charge in [0.15, 0.2) is 0 Å². The SMILES string of the molecule is Cl.Cl.NC1CCC(C(=O)NC2CCN(C3CC3)C2)C1. The second kappa shape index (κ2) is 7.11. The van der Waals surface area contributed by atoms with Gasteiger partial charge in [-0.25, -0.2) is 0 Å². The van der Waals surface area contributed by atoms with E-state index in [9.17, 15) is 4.79 Å². The van der Waals surface area contributed by atoms with Crippen molar-refractivity contribution >= 4 is 30.7 Å². The highest BCUT2D eigenvalue weighted by Gasteiger charge is 2.36. The molecule has 0 bridgehead atoms. The molecule has 0 aromatic heterocycles. The van der Waals surface area contributed by atoms with Gasteiger partial charge in [0.05, 0.1) is 0 Å². The largest absolute Gasteiger partial charge is 0.352 e. The molecule has 19 heavy (non-hydrogen) atoms. The van der Waals surface area contributed by atoms with Gasteiger partial charge in [0.1, 0.15) is 0 Å². The lowest BCUT2D eigenvalue weighted by Gasteiger charge is -2.17. The molecule has 112 valence electrons. The summed E-state index contributed by atoms with van der Waals surface area (Å²) in [6.45, 7) is 2.23. The quantitative estimate of drug-likeness (QED) is 0.826. The molecule has 3 N–H and O–H groups in total. The standard InChI is InChI=1S/C13H23N3O.2ClH/c14-10-2-1-9(7-10)13(17)15-11-5-6-16(8-11)12-3-4-12;;/h9-12H,1-8,14H2,(H,15,17);2*1H. The van der Waals surface area contributed by atoms with Crippen LogP contribution in [0.25, 0.3) is 0 Å². The van der Waals surface area contributed by atoms with E-state index >= 15 is 0 Å². The van der Waals surface area contributed by atoms with Gasteiger partial charge in [0, 0.05) is 37.1 Å². The van der Waals surface area contributed by atoms with Gasteiger partial charge >= 0.3 is 0 Å². The van der Waals surface area contributed by atoms with E-state index in [1.165, 1.54) is 19.4 Å². The summed E-state index contributed by atoms with van der Waals surface area (Å²) in [5, 5.41) is 3.22. The monoisotopic (exact) mass is 309 g/mol. The van der Waals surface area contributed by atoms with E-state index < -0.39 is 0 Å². The first-order valence-electron chi connectivity index (χ1n) is 7.02. The Labute approximate surface area is 127 Å². The van der Waals surface area contributed by atoms with Crippen molar-refractivity contribution in [3.8, 4) is 0 Å². The van der Waals surface area contributed by atoms with Crippen molar-refractivity contribution in [2.45, 2.75) is 56.7 Å². The summed E-state index contributed by atoms with van der Waals surface area (Å²) in [5.74, 6) is 0.431. The van der Waals surface area contributed by atoms with Gasteiger partial charge in [-0.1, -0.05) is 0 Å². The van der Waals surface area contributed by atoms with Crippen LogP contribution in [0.4, 0.5) is 0 Å². The number of likely N-dealkylation sites (tertiary alicyclic amines) is 1. The van der Waals surface area contributed by atoms with Gasteiger partial charge in [0.25, 0.3) is 0 Å². The number of hydrogen-bond acceptors (Lipinski definition) is 3. The molecule has 2 saturated carbocycles. The number of carbonyl (C=O) groups is 1. The lowest BCUT2D eigenvalue weighted by Crippen LogP contribution is -2.40. The normalized spacial score (nSPS) is 34.5. The number of nitrogens with zero attached hydrogens (tertiary/aromatic N) is 1. The van der Waals surface area contributed by atoms with Crippen molar-refractivity contribution in [2.75, 3.05) is 13.1 Å². The van der Waals surface area contributed by atoms with E-state index in [4.69, 9.17) is 5.73 Å². The third-order valence-corrected chi connectivity index (χ3v) is 4.47. The van der Waals surface area contributed by atoms with Gasteiger partial charge in [-0.3, -0.25) is 9.69 Å². The molecule has 1 aliphatic heterocycles. The van der Waals surface area contributed by atoms with Crippen molar-refractivity contribution in [2.24, 2.45) is 11.7 Å². The van der Waals surface area contributed by atoms with Gasteiger partial charge in [-0.2, -0.15) is 0 Å². The van der Waals surface area contributed by atoms with Gasteiger partial charge in [-0.15, -0.1) is 24.8 Å². The molecule has 0 aromatic rings. The van der Waals surface area contributed by atoms with Crippen LogP contribution in [-0.4, -0.2) is 42.0 Å². The van der Waals surface area contributed by atoms with Crippen molar-refractivity contribution in [3.63, 3.8) is 0 Å². The highest BCUT2D eigenvalue weighted by atomic mass is 35.5. The van der Waals surface area contributed by atoms with Gasteiger partial charge in [0.2, 0.25) is 5.91 Å². The third-order valence-electron chi connectivity index (χ3n) is 4.47. The molecule has 3 atom stereocenters. The zero-order chi connectivity index (χ0) is 11.8. The summed E-state index contributed by atoms with van der Waals surface area (Å²) < 4.78 is 0. The van der Waals surface area contributed by atoms with E-state index in [-0.39, 0.29) is 42.7 Å². The first-order chi connectivity index (χ1) is 8.22. The van der Waals surface area contributed by atoms with Crippen LogP contribution in [0.5, 0.6) is 0 Å². The molecule has 0 aromatic carbocycles. The highest BCUT2D eigenvalue weighted by Crippen LogP contribution is 2.30. The number of amides is 1. The molecule has 4 nitrogen and oxygen atoms in total. The van der Waals surface area contributed by atoms with Gasteiger partial charge in [-0.05, 0) is 38.5 Å². The maximum atomic E-state index is 12.1. The Kier molecular flexibility index (Phi) is 6.37. The maximum Gasteiger partial charge on any atom is 0.223 e. The fourth-order valence-electron chi connectivity index (χ4n) is 3.25. The van der Waals surface area contributed by atoms with Gasteiger partial charge < -0.3 is 11.1 Å². The van der Waals surface area contributed by atoms with Crippen LogP contribution in [-0.2, 0) is 4.79 Å². The number of halogens is 2. The lowest BCUT2D eigenvalue weighted by atomic mass is 10.1. The van der Waals surface area contributed by atoms with E-state index in [1.54, 1.807) is 0 Å². The Morgan fingerprint density at radius 1 is 1.11 bits per heavy atom. The summed E-state index contributed by atoms with van der Waals surface area (Å²) in [5.41, 5.74) is 5.85. The molecular formula is C13H25Cl2N3O. The summed E-state index contributed by atoms with van der Waals surface area (Å²) in [7, 11) is 0. The smallest absolute Gasteiger partial charge is 0.223 e. The van der Waals surface area contributed by atoms with Crippen LogP contribution in [0.2, 0.25) is 0 Å². The Hall–Kier alpha value is -0.0300.